The van der Waals surface area contributed by atoms with E-state index >= 15 is 0 Å². The van der Waals surface area contributed by atoms with E-state index in [-0.39, 0.29) is 0 Å². The molecule has 0 unspecified atom stereocenters. The summed E-state index contributed by atoms with van der Waals surface area (Å²) in [6, 6.07) is 66.0. The van der Waals surface area contributed by atoms with Crippen molar-refractivity contribution in [1.29, 1.82) is 10.5 Å². The van der Waals surface area contributed by atoms with Gasteiger partial charge in [-0.25, -0.2) is 0 Å². The molecule has 0 aliphatic heterocycles. The van der Waals surface area contributed by atoms with Crippen LogP contribution in [0.4, 0.5) is 0 Å². The van der Waals surface area contributed by atoms with E-state index in [1.165, 1.54) is 16.2 Å². The van der Waals surface area contributed by atoms with Crippen LogP contribution in [0.5, 0.6) is 0 Å². The molecular weight excluding hydrogens is 671 g/mol. The molecule has 0 bridgehead atoms. The first-order valence-electron chi connectivity index (χ1n) is 18.3. The predicted molar refractivity (Wildman–Crippen MR) is 224 cm³/mol. The van der Waals surface area contributed by atoms with Crippen molar-refractivity contribution in [3.05, 3.63) is 187 Å². The number of para-hydroxylation sites is 5. The lowest BCUT2D eigenvalue weighted by Gasteiger charge is -2.16. The molecule has 5 nitrogen and oxygen atoms in total. The molecule has 0 saturated carbocycles. The number of hydrogen-bond acceptors (Lipinski definition) is 2. The zero-order chi connectivity index (χ0) is 36.6. The average molecular weight is 700 g/mol. The third-order valence-electron chi connectivity index (χ3n) is 11.1. The number of benzene rings is 8. The fraction of sp³-hybridized carbons (Fsp3) is 0. The third kappa shape index (κ3) is 4.45. The number of hydrogen-bond donors (Lipinski definition) is 0. The molecule has 55 heavy (non-hydrogen) atoms. The summed E-state index contributed by atoms with van der Waals surface area (Å²) in [5, 5.41) is 27.1. The largest absolute Gasteiger partial charge is 0.309 e. The van der Waals surface area contributed by atoms with E-state index in [1.807, 2.05) is 36.4 Å². The number of aromatic nitrogens is 3. The molecule has 3 aromatic heterocycles. The van der Waals surface area contributed by atoms with Crippen LogP contribution in [0.3, 0.4) is 0 Å². The van der Waals surface area contributed by atoms with Gasteiger partial charge < -0.3 is 13.7 Å². The maximum absolute atomic E-state index is 10.5. The van der Waals surface area contributed by atoms with Crippen LogP contribution in [-0.2, 0) is 0 Å². The monoisotopic (exact) mass is 699 g/mol. The Balaban J connectivity index is 1.16. The topological polar surface area (TPSA) is 62.4 Å². The molecule has 0 N–H and O–H groups in total. The smallest absolute Gasteiger partial charge is 0.0998 e. The summed E-state index contributed by atoms with van der Waals surface area (Å²) in [5.41, 5.74) is 12.6. The Morgan fingerprint density at radius 2 is 0.909 bits per heavy atom. The first kappa shape index (κ1) is 30.7. The molecule has 5 heteroatoms. The fourth-order valence-electron chi connectivity index (χ4n) is 8.77. The van der Waals surface area contributed by atoms with Gasteiger partial charge in [0, 0.05) is 49.3 Å². The lowest BCUT2D eigenvalue weighted by molar-refractivity contribution is 1.13. The van der Waals surface area contributed by atoms with Crippen molar-refractivity contribution < 1.29 is 0 Å². The van der Waals surface area contributed by atoms with Gasteiger partial charge in [-0.1, -0.05) is 97.1 Å². The van der Waals surface area contributed by atoms with Gasteiger partial charge in [0.25, 0.3) is 0 Å². The summed E-state index contributed by atoms with van der Waals surface area (Å²) in [6.45, 7) is 0. The molecule has 0 aliphatic carbocycles. The van der Waals surface area contributed by atoms with Crippen molar-refractivity contribution in [3.63, 3.8) is 0 Å². The van der Waals surface area contributed by atoms with Crippen LogP contribution in [0.1, 0.15) is 11.1 Å². The molecule has 0 radical (unpaired) electrons. The second kappa shape index (κ2) is 11.8. The molecule has 8 aromatic carbocycles. The van der Waals surface area contributed by atoms with Crippen molar-refractivity contribution in [3.8, 4) is 40.3 Å². The Labute approximate surface area is 316 Å². The Hall–Kier alpha value is -7.86. The number of fused-ring (bicyclic) bond motifs is 9. The zero-order valence-corrected chi connectivity index (χ0v) is 29.5. The minimum absolute atomic E-state index is 0.602. The summed E-state index contributed by atoms with van der Waals surface area (Å²) in [7, 11) is 0. The van der Waals surface area contributed by atoms with Gasteiger partial charge in [-0.15, -0.1) is 0 Å². The maximum Gasteiger partial charge on any atom is 0.0998 e. The van der Waals surface area contributed by atoms with Crippen LogP contribution in [-0.4, -0.2) is 13.7 Å². The number of nitrogens with zero attached hydrogens (tertiary/aromatic N) is 5. The van der Waals surface area contributed by atoms with Gasteiger partial charge in [0.05, 0.1) is 62.1 Å². The summed E-state index contributed by atoms with van der Waals surface area (Å²) >= 11 is 0. The maximum atomic E-state index is 10.5. The predicted octanol–water partition coefficient (Wildman–Crippen LogP) is 12.4. The van der Waals surface area contributed by atoms with E-state index in [4.69, 9.17) is 0 Å². The first-order valence-corrected chi connectivity index (χ1v) is 18.3. The molecule has 0 fully saturated rings. The van der Waals surface area contributed by atoms with E-state index in [0.717, 1.165) is 77.4 Å². The van der Waals surface area contributed by atoms with Crippen molar-refractivity contribution in [2.45, 2.75) is 0 Å². The van der Waals surface area contributed by atoms with Crippen LogP contribution in [0.25, 0.3) is 93.6 Å². The van der Waals surface area contributed by atoms with Gasteiger partial charge >= 0.3 is 0 Å². The Morgan fingerprint density at radius 3 is 1.58 bits per heavy atom. The zero-order valence-electron chi connectivity index (χ0n) is 29.5. The van der Waals surface area contributed by atoms with Crippen LogP contribution < -0.4 is 0 Å². The van der Waals surface area contributed by atoms with Crippen molar-refractivity contribution >= 4 is 65.4 Å². The highest BCUT2D eigenvalue weighted by Gasteiger charge is 2.21. The Kier molecular flexibility index (Phi) is 6.61. The SMILES string of the molecule is N#Cc1ccc2c(c1)c1ccccc1n2-c1cccc(-c2cc(-n3c4ccccc4c4cccc(-n5c6ccccc6c6ccccc65)c43)ccc2C#N)c1. The van der Waals surface area contributed by atoms with E-state index in [2.05, 4.69) is 165 Å². The van der Waals surface area contributed by atoms with Gasteiger partial charge in [0.15, 0.2) is 0 Å². The van der Waals surface area contributed by atoms with Crippen LogP contribution in [0.2, 0.25) is 0 Å². The summed E-state index contributed by atoms with van der Waals surface area (Å²) in [6.07, 6.45) is 0. The highest BCUT2D eigenvalue weighted by molar-refractivity contribution is 6.15. The molecular formula is C50H29N5. The van der Waals surface area contributed by atoms with Gasteiger partial charge in [-0.05, 0) is 84.4 Å². The molecule has 254 valence electrons. The fourth-order valence-corrected chi connectivity index (χ4v) is 8.77. The van der Waals surface area contributed by atoms with E-state index in [1.54, 1.807) is 0 Å². The van der Waals surface area contributed by atoms with Gasteiger partial charge in [0.2, 0.25) is 0 Å². The van der Waals surface area contributed by atoms with Crippen molar-refractivity contribution in [2.24, 2.45) is 0 Å². The molecule has 0 atom stereocenters. The van der Waals surface area contributed by atoms with Crippen LogP contribution in [0.15, 0.2) is 176 Å². The van der Waals surface area contributed by atoms with Crippen molar-refractivity contribution in [1.82, 2.24) is 13.7 Å². The molecule has 0 amide bonds. The Morgan fingerprint density at radius 1 is 0.364 bits per heavy atom. The quantitative estimate of drug-likeness (QED) is 0.184. The molecule has 0 spiro atoms. The Bertz CT molecular complexity index is 3420. The van der Waals surface area contributed by atoms with E-state index in [9.17, 15) is 10.5 Å². The minimum atomic E-state index is 0.602. The van der Waals surface area contributed by atoms with E-state index < -0.39 is 0 Å². The normalized spacial score (nSPS) is 11.6. The van der Waals surface area contributed by atoms with E-state index in [0.29, 0.717) is 11.1 Å². The molecule has 3 heterocycles. The standard InChI is InChI=1S/C50H29N5/c51-30-32-23-26-48-43(27-32)40-16-4-5-18-44(40)53(48)35-12-9-11-33(28-35)42-29-36(25-24-34(42)31-52)54-45-19-6-3-15-39(45)41-17-10-22-49(50(41)54)55-46-20-7-1-13-37(46)38-14-2-8-21-47(38)55/h1-29H. The molecule has 0 saturated heterocycles. The van der Waals surface area contributed by atoms with Crippen LogP contribution >= 0.6 is 0 Å². The molecule has 0 aliphatic rings. The summed E-state index contributed by atoms with van der Waals surface area (Å²) in [5.74, 6) is 0. The summed E-state index contributed by atoms with van der Waals surface area (Å²) < 4.78 is 7.00. The average Bonchev–Trinajstić information content (AvgIpc) is 3.89. The van der Waals surface area contributed by atoms with Gasteiger partial charge in [-0.2, -0.15) is 10.5 Å². The van der Waals surface area contributed by atoms with Gasteiger partial charge in [-0.3, -0.25) is 0 Å². The lowest BCUT2D eigenvalue weighted by Crippen LogP contribution is -2.01. The minimum Gasteiger partial charge on any atom is -0.309 e. The van der Waals surface area contributed by atoms with Crippen LogP contribution in [0, 0.1) is 22.7 Å². The highest BCUT2D eigenvalue weighted by atomic mass is 15.1. The highest BCUT2D eigenvalue weighted by Crippen LogP contribution is 2.41. The number of nitriles is 2. The van der Waals surface area contributed by atoms with Gasteiger partial charge in [0.1, 0.15) is 0 Å². The first-order chi connectivity index (χ1) is 27.2. The number of rotatable bonds is 4. The molecule has 11 aromatic rings. The second-order valence-corrected chi connectivity index (χ2v) is 14.0. The third-order valence-corrected chi connectivity index (χ3v) is 11.1. The molecule has 11 rings (SSSR count). The summed E-state index contributed by atoms with van der Waals surface area (Å²) in [4.78, 5) is 0. The lowest BCUT2D eigenvalue weighted by atomic mass is 9.98. The van der Waals surface area contributed by atoms with Crippen molar-refractivity contribution in [2.75, 3.05) is 0 Å². The second-order valence-electron chi connectivity index (χ2n) is 14.0.